The number of anilines is 2. The molecular formula is C19H20N2O3. The van der Waals surface area contributed by atoms with Crippen molar-refractivity contribution < 1.29 is 14.8 Å². The first-order chi connectivity index (χ1) is 11.4. The fraction of sp³-hybridized carbons (Fsp3) is 0.263. The van der Waals surface area contributed by atoms with Crippen molar-refractivity contribution in [1.29, 1.82) is 0 Å². The fourth-order valence-electron chi connectivity index (χ4n) is 3.33. The lowest BCUT2D eigenvalue weighted by Gasteiger charge is -2.24. The topological polar surface area (TPSA) is 60.9 Å². The van der Waals surface area contributed by atoms with Crippen molar-refractivity contribution in [2.75, 3.05) is 9.96 Å². The van der Waals surface area contributed by atoms with Crippen molar-refractivity contribution in [1.82, 2.24) is 0 Å². The summed E-state index contributed by atoms with van der Waals surface area (Å²) in [6.45, 7) is 5.75. The second-order valence-corrected chi connectivity index (χ2v) is 6.21. The lowest BCUT2D eigenvalue weighted by molar-refractivity contribution is -0.121. The number of rotatable bonds is 3. The Morgan fingerprint density at radius 3 is 2.21 bits per heavy atom. The number of hydrogen-bond acceptors (Lipinski definition) is 4. The van der Waals surface area contributed by atoms with Gasteiger partial charge < -0.3 is 0 Å². The Hall–Kier alpha value is -2.66. The first-order valence-electron chi connectivity index (χ1n) is 7.88. The maximum atomic E-state index is 12.8. The summed E-state index contributed by atoms with van der Waals surface area (Å²) in [5, 5.41) is 11.3. The molecule has 1 N–H and O–H groups in total. The average Bonchev–Trinajstić information content (AvgIpc) is 2.82. The lowest BCUT2D eigenvalue weighted by atomic mass is 10.0. The van der Waals surface area contributed by atoms with E-state index in [0.29, 0.717) is 11.4 Å². The number of para-hydroxylation sites is 1. The minimum Gasteiger partial charge on any atom is -0.288 e. The number of benzene rings is 2. The Labute approximate surface area is 141 Å². The normalized spacial score (nSPS) is 17.5. The highest BCUT2D eigenvalue weighted by molar-refractivity contribution is 6.23. The van der Waals surface area contributed by atoms with Crippen molar-refractivity contribution in [3.63, 3.8) is 0 Å². The van der Waals surface area contributed by atoms with Crippen LogP contribution in [0.1, 0.15) is 23.1 Å². The molecule has 2 amide bonds. The van der Waals surface area contributed by atoms with Crippen molar-refractivity contribution >= 4 is 23.2 Å². The van der Waals surface area contributed by atoms with E-state index in [1.807, 2.05) is 39.0 Å². The lowest BCUT2D eigenvalue weighted by Crippen LogP contribution is -2.41. The van der Waals surface area contributed by atoms with Gasteiger partial charge in [-0.1, -0.05) is 35.9 Å². The molecule has 0 aromatic heterocycles. The zero-order valence-corrected chi connectivity index (χ0v) is 14.0. The van der Waals surface area contributed by atoms with E-state index in [2.05, 4.69) is 0 Å². The standard InChI is InChI=1S/C19H20N2O3/c1-12-9-13(2)18(14(3)10-12)20-17(22)11-16(19(20)23)21(24)15-7-5-4-6-8-15/h4-10,16,24H,11H2,1-3H3/t16-/m0/s1. The maximum Gasteiger partial charge on any atom is 0.259 e. The summed E-state index contributed by atoms with van der Waals surface area (Å²) in [5.74, 6) is -0.698. The molecule has 2 aromatic carbocycles. The third-order valence-electron chi connectivity index (χ3n) is 4.30. The van der Waals surface area contributed by atoms with Gasteiger partial charge in [-0.25, -0.2) is 9.96 Å². The summed E-state index contributed by atoms with van der Waals surface area (Å²) in [6.07, 6.45) is -0.0447. The fourth-order valence-corrected chi connectivity index (χ4v) is 3.33. The SMILES string of the molecule is Cc1cc(C)c(N2C(=O)C[C@H](N(O)c3ccccc3)C2=O)c(C)c1. The van der Waals surface area contributed by atoms with E-state index in [4.69, 9.17) is 0 Å². The number of hydrogen-bond donors (Lipinski definition) is 1. The molecule has 1 aliphatic heterocycles. The third-order valence-corrected chi connectivity index (χ3v) is 4.30. The van der Waals surface area contributed by atoms with E-state index >= 15 is 0 Å². The van der Waals surface area contributed by atoms with Crippen molar-refractivity contribution in [3.8, 4) is 0 Å². The Kier molecular flexibility index (Phi) is 4.11. The molecule has 5 nitrogen and oxygen atoms in total. The third kappa shape index (κ3) is 2.67. The molecule has 0 spiro atoms. The van der Waals surface area contributed by atoms with Crippen LogP contribution in [0.3, 0.4) is 0 Å². The van der Waals surface area contributed by atoms with Gasteiger partial charge in [0.05, 0.1) is 17.8 Å². The molecule has 0 saturated carbocycles. The van der Waals surface area contributed by atoms with E-state index < -0.39 is 11.9 Å². The number of hydroxylamine groups is 1. The summed E-state index contributed by atoms with van der Waals surface area (Å²) >= 11 is 0. The summed E-state index contributed by atoms with van der Waals surface area (Å²) in [7, 11) is 0. The molecule has 1 fully saturated rings. The van der Waals surface area contributed by atoms with E-state index in [-0.39, 0.29) is 12.3 Å². The van der Waals surface area contributed by atoms with Gasteiger partial charge >= 0.3 is 0 Å². The first kappa shape index (κ1) is 16.2. The summed E-state index contributed by atoms with van der Waals surface area (Å²) in [5.41, 5.74) is 3.94. The molecule has 3 rings (SSSR count). The largest absolute Gasteiger partial charge is 0.288 e. The van der Waals surface area contributed by atoms with Gasteiger partial charge in [0.2, 0.25) is 5.91 Å². The Bertz CT molecular complexity index is 779. The first-order valence-corrected chi connectivity index (χ1v) is 7.88. The highest BCUT2D eigenvalue weighted by Gasteiger charge is 2.44. The van der Waals surface area contributed by atoms with Crippen LogP contribution < -0.4 is 9.96 Å². The maximum absolute atomic E-state index is 12.8. The van der Waals surface area contributed by atoms with Crippen LogP contribution in [-0.2, 0) is 9.59 Å². The van der Waals surface area contributed by atoms with Crippen LogP contribution in [0, 0.1) is 20.8 Å². The average molecular weight is 324 g/mol. The van der Waals surface area contributed by atoms with Crippen LogP contribution in [0.2, 0.25) is 0 Å². The Morgan fingerprint density at radius 1 is 1.04 bits per heavy atom. The van der Waals surface area contributed by atoms with Gasteiger partial charge in [0.25, 0.3) is 5.91 Å². The van der Waals surface area contributed by atoms with Gasteiger partial charge in [-0.15, -0.1) is 0 Å². The molecular weight excluding hydrogens is 304 g/mol. The highest BCUT2D eigenvalue weighted by Crippen LogP contribution is 2.32. The van der Waals surface area contributed by atoms with Gasteiger partial charge in [-0.05, 0) is 44.0 Å². The number of nitrogens with zero attached hydrogens (tertiary/aromatic N) is 2. The smallest absolute Gasteiger partial charge is 0.259 e. The van der Waals surface area contributed by atoms with Crippen LogP contribution >= 0.6 is 0 Å². The molecule has 0 unspecified atom stereocenters. The highest BCUT2D eigenvalue weighted by atomic mass is 16.5. The van der Waals surface area contributed by atoms with E-state index in [1.54, 1.807) is 24.3 Å². The molecule has 0 bridgehead atoms. The number of amides is 2. The summed E-state index contributed by atoms with van der Waals surface area (Å²) in [6, 6.07) is 11.8. The van der Waals surface area contributed by atoms with Crippen molar-refractivity contribution in [3.05, 3.63) is 59.2 Å². The van der Waals surface area contributed by atoms with Crippen LogP contribution in [0.15, 0.2) is 42.5 Å². The molecule has 124 valence electrons. The van der Waals surface area contributed by atoms with E-state index in [1.165, 1.54) is 4.90 Å². The van der Waals surface area contributed by atoms with Gasteiger partial charge in [0.1, 0.15) is 6.04 Å². The molecule has 0 aliphatic carbocycles. The van der Waals surface area contributed by atoms with Gasteiger partial charge in [-0.2, -0.15) is 0 Å². The van der Waals surface area contributed by atoms with Gasteiger partial charge in [0.15, 0.2) is 0 Å². The van der Waals surface area contributed by atoms with Gasteiger partial charge in [-0.3, -0.25) is 14.8 Å². The number of carbonyl (C=O) groups excluding carboxylic acids is 2. The zero-order chi connectivity index (χ0) is 17.4. The molecule has 0 radical (unpaired) electrons. The number of imide groups is 1. The minimum absolute atomic E-state index is 0.0447. The second-order valence-electron chi connectivity index (χ2n) is 6.21. The van der Waals surface area contributed by atoms with Crippen LogP contribution in [0.5, 0.6) is 0 Å². The predicted molar refractivity (Wildman–Crippen MR) is 92.3 cm³/mol. The van der Waals surface area contributed by atoms with E-state index in [9.17, 15) is 14.8 Å². The summed E-state index contributed by atoms with van der Waals surface area (Å²) < 4.78 is 0. The Morgan fingerprint density at radius 2 is 1.62 bits per heavy atom. The van der Waals surface area contributed by atoms with Crippen molar-refractivity contribution in [2.45, 2.75) is 33.2 Å². The summed E-state index contributed by atoms with van der Waals surface area (Å²) in [4.78, 5) is 26.5. The molecule has 1 atom stereocenters. The zero-order valence-electron chi connectivity index (χ0n) is 14.0. The van der Waals surface area contributed by atoms with Crippen LogP contribution in [-0.4, -0.2) is 23.1 Å². The number of carbonyl (C=O) groups is 2. The van der Waals surface area contributed by atoms with Crippen LogP contribution in [0.25, 0.3) is 0 Å². The van der Waals surface area contributed by atoms with Gasteiger partial charge in [0, 0.05) is 0 Å². The predicted octanol–water partition coefficient (Wildman–Crippen LogP) is 3.14. The monoisotopic (exact) mass is 324 g/mol. The van der Waals surface area contributed by atoms with Crippen LogP contribution in [0.4, 0.5) is 11.4 Å². The quantitative estimate of drug-likeness (QED) is 0.696. The van der Waals surface area contributed by atoms with E-state index in [0.717, 1.165) is 21.8 Å². The Balaban J connectivity index is 1.96. The molecule has 24 heavy (non-hydrogen) atoms. The minimum atomic E-state index is -0.903. The second kappa shape index (κ2) is 6.09. The number of aryl methyl sites for hydroxylation is 3. The molecule has 1 aliphatic rings. The van der Waals surface area contributed by atoms with Crippen molar-refractivity contribution in [2.24, 2.45) is 0 Å². The molecule has 2 aromatic rings. The molecule has 1 saturated heterocycles. The molecule has 1 heterocycles. The molecule has 5 heteroatoms.